The SMILES string of the molecule is Cc1ccc(S(=O)(=O)CCCOc2cc(C)ccc2C)cc1. The van der Waals surface area contributed by atoms with Crippen molar-refractivity contribution in [3.05, 3.63) is 59.2 Å². The molecule has 0 N–H and O–H groups in total. The van der Waals surface area contributed by atoms with Crippen molar-refractivity contribution in [3.63, 3.8) is 0 Å². The van der Waals surface area contributed by atoms with Crippen LogP contribution >= 0.6 is 0 Å². The van der Waals surface area contributed by atoms with Crippen molar-refractivity contribution < 1.29 is 13.2 Å². The van der Waals surface area contributed by atoms with Crippen molar-refractivity contribution in [2.75, 3.05) is 12.4 Å². The first-order valence-corrected chi connectivity index (χ1v) is 9.03. The molecule has 0 saturated heterocycles. The van der Waals surface area contributed by atoms with Gasteiger partial charge >= 0.3 is 0 Å². The molecule has 118 valence electrons. The van der Waals surface area contributed by atoms with Crippen molar-refractivity contribution in [2.45, 2.75) is 32.1 Å². The third-order valence-corrected chi connectivity index (χ3v) is 5.36. The third-order valence-electron chi connectivity index (χ3n) is 3.54. The maximum atomic E-state index is 12.2. The average molecular weight is 318 g/mol. The van der Waals surface area contributed by atoms with Crippen LogP contribution in [0, 0.1) is 20.8 Å². The van der Waals surface area contributed by atoms with Gasteiger partial charge in [0.05, 0.1) is 17.3 Å². The number of hydrogen-bond acceptors (Lipinski definition) is 3. The molecule has 22 heavy (non-hydrogen) atoms. The zero-order chi connectivity index (χ0) is 16.2. The minimum absolute atomic E-state index is 0.0981. The molecule has 0 heterocycles. The molecule has 2 rings (SSSR count). The fourth-order valence-corrected chi connectivity index (χ4v) is 3.44. The smallest absolute Gasteiger partial charge is 0.178 e. The fraction of sp³-hybridized carbons (Fsp3) is 0.333. The highest BCUT2D eigenvalue weighted by Gasteiger charge is 2.13. The van der Waals surface area contributed by atoms with Gasteiger partial charge < -0.3 is 4.74 Å². The van der Waals surface area contributed by atoms with E-state index in [1.54, 1.807) is 12.1 Å². The fourth-order valence-electron chi connectivity index (χ4n) is 2.16. The number of rotatable bonds is 6. The van der Waals surface area contributed by atoms with E-state index in [9.17, 15) is 8.42 Å². The molecular formula is C18H22O3S. The van der Waals surface area contributed by atoms with E-state index in [1.807, 2.05) is 51.1 Å². The van der Waals surface area contributed by atoms with Gasteiger partial charge in [0.15, 0.2) is 9.84 Å². The number of ether oxygens (including phenoxy) is 1. The predicted octanol–water partition coefficient (Wildman–Crippen LogP) is 3.85. The summed E-state index contributed by atoms with van der Waals surface area (Å²) >= 11 is 0. The van der Waals surface area contributed by atoms with Gasteiger partial charge in [-0.05, 0) is 56.5 Å². The highest BCUT2D eigenvalue weighted by molar-refractivity contribution is 7.91. The minimum Gasteiger partial charge on any atom is -0.493 e. The van der Waals surface area contributed by atoms with Gasteiger partial charge in [-0.2, -0.15) is 0 Å². The Bertz CT molecular complexity index is 731. The molecule has 3 nitrogen and oxygen atoms in total. The number of hydrogen-bond donors (Lipinski definition) is 0. The van der Waals surface area contributed by atoms with Crippen LogP contribution in [-0.2, 0) is 9.84 Å². The van der Waals surface area contributed by atoms with Crippen LogP contribution in [0.4, 0.5) is 0 Å². The largest absolute Gasteiger partial charge is 0.493 e. The van der Waals surface area contributed by atoms with E-state index < -0.39 is 9.84 Å². The Morgan fingerprint density at radius 3 is 2.23 bits per heavy atom. The molecule has 0 amide bonds. The summed E-state index contributed by atoms with van der Waals surface area (Å²) in [5.41, 5.74) is 3.25. The summed E-state index contributed by atoms with van der Waals surface area (Å²) in [6, 6.07) is 13.0. The third kappa shape index (κ3) is 4.34. The summed E-state index contributed by atoms with van der Waals surface area (Å²) in [6.45, 7) is 6.33. The number of sulfone groups is 1. The van der Waals surface area contributed by atoms with E-state index in [1.165, 1.54) is 0 Å². The maximum absolute atomic E-state index is 12.2. The molecule has 0 aromatic heterocycles. The lowest BCUT2D eigenvalue weighted by Gasteiger charge is -2.10. The normalized spacial score (nSPS) is 11.4. The summed E-state index contributed by atoms with van der Waals surface area (Å²) in [7, 11) is -3.23. The van der Waals surface area contributed by atoms with Gasteiger partial charge in [-0.25, -0.2) is 8.42 Å². The second-order valence-corrected chi connectivity index (χ2v) is 7.71. The molecule has 0 saturated carbocycles. The Balaban J connectivity index is 1.90. The topological polar surface area (TPSA) is 43.4 Å². The number of aryl methyl sites for hydroxylation is 3. The van der Waals surface area contributed by atoms with Crippen molar-refractivity contribution in [2.24, 2.45) is 0 Å². The molecule has 0 aliphatic rings. The van der Waals surface area contributed by atoms with Gasteiger partial charge in [-0.15, -0.1) is 0 Å². The summed E-state index contributed by atoms with van der Waals surface area (Å²) < 4.78 is 30.1. The Morgan fingerprint density at radius 2 is 1.55 bits per heavy atom. The molecule has 0 bridgehead atoms. The van der Waals surface area contributed by atoms with Gasteiger partial charge in [-0.1, -0.05) is 29.8 Å². The summed E-state index contributed by atoms with van der Waals surface area (Å²) in [5, 5.41) is 0. The zero-order valence-electron chi connectivity index (χ0n) is 13.3. The van der Waals surface area contributed by atoms with E-state index in [0.29, 0.717) is 17.9 Å². The van der Waals surface area contributed by atoms with E-state index in [4.69, 9.17) is 4.74 Å². The van der Waals surface area contributed by atoms with Gasteiger partial charge in [0.2, 0.25) is 0 Å². The van der Waals surface area contributed by atoms with Crippen LogP contribution in [0.3, 0.4) is 0 Å². The van der Waals surface area contributed by atoms with Crippen LogP contribution in [0.2, 0.25) is 0 Å². The summed E-state index contributed by atoms with van der Waals surface area (Å²) in [5.74, 6) is 0.925. The first kappa shape index (κ1) is 16.6. The van der Waals surface area contributed by atoms with Crippen molar-refractivity contribution in [1.82, 2.24) is 0 Å². The second kappa shape index (κ2) is 6.97. The van der Waals surface area contributed by atoms with Gasteiger partial charge in [0, 0.05) is 0 Å². The molecular weight excluding hydrogens is 296 g/mol. The molecule has 2 aromatic rings. The lowest BCUT2D eigenvalue weighted by atomic mass is 10.1. The van der Waals surface area contributed by atoms with Crippen molar-refractivity contribution in [3.8, 4) is 5.75 Å². The molecule has 2 aromatic carbocycles. The maximum Gasteiger partial charge on any atom is 0.178 e. The molecule has 0 fully saturated rings. The average Bonchev–Trinajstić information content (AvgIpc) is 2.47. The van der Waals surface area contributed by atoms with E-state index in [2.05, 4.69) is 0 Å². The Morgan fingerprint density at radius 1 is 0.909 bits per heavy atom. The number of benzene rings is 2. The van der Waals surface area contributed by atoms with Gasteiger partial charge in [-0.3, -0.25) is 0 Å². The van der Waals surface area contributed by atoms with Crippen molar-refractivity contribution in [1.29, 1.82) is 0 Å². The lowest BCUT2D eigenvalue weighted by Crippen LogP contribution is -2.10. The van der Waals surface area contributed by atoms with Crippen LogP contribution in [0.1, 0.15) is 23.1 Å². The van der Waals surface area contributed by atoms with E-state index in [0.717, 1.165) is 22.4 Å². The highest BCUT2D eigenvalue weighted by Crippen LogP contribution is 2.19. The van der Waals surface area contributed by atoms with Gasteiger partial charge in [0.1, 0.15) is 5.75 Å². The highest BCUT2D eigenvalue weighted by atomic mass is 32.2. The molecule has 0 atom stereocenters. The van der Waals surface area contributed by atoms with Crippen LogP contribution in [0.5, 0.6) is 5.75 Å². The Hall–Kier alpha value is -1.81. The summed E-state index contributed by atoms with van der Waals surface area (Å²) in [4.78, 5) is 0.379. The van der Waals surface area contributed by atoms with E-state index in [-0.39, 0.29) is 5.75 Å². The standard InChI is InChI=1S/C18H22O3S/c1-14-6-9-17(10-7-14)22(19,20)12-4-11-21-18-13-15(2)5-8-16(18)3/h5-10,13H,4,11-12H2,1-3H3. The zero-order valence-corrected chi connectivity index (χ0v) is 14.1. The Labute approximate surface area is 132 Å². The van der Waals surface area contributed by atoms with Crippen LogP contribution in [0.15, 0.2) is 47.4 Å². The first-order valence-electron chi connectivity index (χ1n) is 7.38. The molecule has 4 heteroatoms. The molecule has 0 radical (unpaired) electrons. The van der Waals surface area contributed by atoms with Crippen molar-refractivity contribution >= 4 is 9.84 Å². The first-order chi connectivity index (χ1) is 10.4. The quantitative estimate of drug-likeness (QED) is 0.760. The van der Waals surface area contributed by atoms with Crippen LogP contribution in [-0.4, -0.2) is 20.8 Å². The Kier molecular flexibility index (Phi) is 5.24. The molecule has 0 spiro atoms. The van der Waals surface area contributed by atoms with Crippen LogP contribution < -0.4 is 4.74 Å². The monoisotopic (exact) mass is 318 g/mol. The van der Waals surface area contributed by atoms with Crippen LogP contribution in [0.25, 0.3) is 0 Å². The lowest BCUT2D eigenvalue weighted by molar-refractivity contribution is 0.315. The molecule has 0 aliphatic heterocycles. The summed E-state index contributed by atoms with van der Waals surface area (Å²) in [6.07, 6.45) is 0.476. The van der Waals surface area contributed by atoms with Gasteiger partial charge in [0.25, 0.3) is 0 Å². The minimum atomic E-state index is -3.23. The molecule has 0 aliphatic carbocycles. The molecule has 0 unspecified atom stereocenters. The predicted molar refractivity (Wildman–Crippen MR) is 89.3 cm³/mol. The van der Waals surface area contributed by atoms with E-state index >= 15 is 0 Å². The second-order valence-electron chi connectivity index (χ2n) is 5.60.